The van der Waals surface area contributed by atoms with Crippen molar-refractivity contribution in [2.24, 2.45) is 11.0 Å². The van der Waals surface area contributed by atoms with Crippen LogP contribution in [0.15, 0.2) is 5.10 Å². The number of fused-ring (bicyclic) bond motifs is 1. The smallest absolute Gasteiger partial charge is 0.362 e. The van der Waals surface area contributed by atoms with E-state index in [9.17, 15) is 23.1 Å². The number of aliphatic hydroxyl groups is 1. The molecular weight excluding hydrogens is 225 g/mol. The molecule has 0 spiro atoms. The summed E-state index contributed by atoms with van der Waals surface area (Å²) in [7, 11) is 0. The van der Waals surface area contributed by atoms with Crippen LogP contribution in [0.4, 0.5) is 13.2 Å². The van der Waals surface area contributed by atoms with E-state index in [1.165, 1.54) is 0 Å². The van der Waals surface area contributed by atoms with Gasteiger partial charge in [0.2, 0.25) is 5.91 Å². The van der Waals surface area contributed by atoms with Gasteiger partial charge in [-0.05, 0) is 19.3 Å². The Kier molecular flexibility index (Phi) is 2.27. The average Bonchev–Trinajstić information content (AvgIpc) is 2.66. The van der Waals surface area contributed by atoms with Crippen LogP contribution < -0.4 is 0 Å². The van der Waals surface area contributed by atoms with E-state index >= 15 is 0 Å². The lowest BCUT2D eigenvalue weighted by molar-refractivity contribution is -0.315. The van der Waals surface area contributed by atoms with Crippen LogP contribution in [0.1, 0.15) is 26.2 Å². The van der Waals surface area contributed by atoms with Gasteiger partial charge in [0, 0.05) is 12.6 Å². The van der Waals surface area contributed by atoms with E-state index in [2.05, 4.69) is 5.10 Å². The van der Waals surface area contributed by atoms with Crippen molar-refractivity contribution in [3.05, 3.63) is 0 Å². The van der Waals surface area contributed by atoms with Crippen LogP contribution in [0.25, 0.3) is 0 Å². The molecule has 2 atom stereocenters. The molecule has 0 aromatic rings. The van der Waals surface area contributed by atoms with Crippen LogP contribution in [0.5, 0.6) is 0 Å². The molecule has 1 amide bonds. The molecule has 2 unspecified atom stereocenters. The van der Waals surface area contributed by atoms with Crippen molar-refractivity contribution in [2.75, 3.05) is 0 Å². The van der Waals surface area contributed by atoms with E-state index in [-0.39, 0.29) is 17.1 Å². The standard InChI is InChI=1S/C9H11F3N2O2/c1-5(15)14-8(16,9(10,11)12)6-3-2-4-7(6)13-14/h6,16H,2-4H2,1H3. The van der Waals surface area contributed by atoms with E-state index in [1.807, 2.05) is 0 Å². The Balaban J connectivity index is 2.46. The fraction of sp³-hybridized carbons (Fsp3) is 0.778. The van der Waals surface area contributed by atoms with Gasteiger partial charge in [-0.15, -0.1) is 0 Å². The summed E-state index contributed by atoms with van der Waals surface area (Å²) in [6.07, 6.45) is -3.71. The van der Waals surface area contributed by atoms with Crippen LogP contribution >= 0.6 is 0 Å². The number of carbonyl (C=O) groups excluding carboxylic acids is 1. The number of amides is 1. The Morgan fingerprint density at radius 2 is 2.25 bits per heavy atom. The van der Waals surface area contributed by atoms with E-state index in [0.717, 1.165) is 6.92 Å². The first-order valence-corrected chi connectivity index (χ1v) is 4.95. The zero-order valence-corrected chi connectivity index (χ0v) is 8.58. The molecule has 2 aliphatic rings. The fourth-order valence-electron chi connectivity index (χ4n) is 2.36. The molecule has 1 N–H and O–H groups in total. The van der Waals surface area contributed by atoms with Gasteiger partial charge in [0.05, 0.1) is 5.92 Å². The number of carbonyl (C=O) groups is 1. The third-order valence-electron chi connectivity index (χ3n) is 3.08. The Bertz CT molecular complexity index is 366. The number of halogens is 3. The summed E-state index contributed by atoms with van der Waals surface area (Å²) < 4.78 is 38.6. The lowest BCUT2D eigenvalue weighted by Gasteiger charge is -2.35. The van der Waals surface area contributed by atoms with Crippen LogP contribution in [-0.2, 0) is 4.79 Å². The number of hydrogen-bond donors (Lipinski definition) is 1. The first-order chi connectivity index (χ1) is 7.28. The number of rotatable bonds is 0. The Labute approximate surface area is 89.7 Å². The van der Waals surface area contributed by atoms with Gasteiger partial charge < -0.3 is 5.11 Å². The summed E-state index contributed by atoms with van der Waals surface area (Å²) in [5.74, 6) is -2.00. The minimum Gasteiger partial charge on any atom is -0.362 e. The molecule has 0 aromatic heterocycles. The van der Waals surface area contributed by atoms with Crippen molar-refractivity contribution in [1.82, 2.24) is 5.01 Å². The highest BCUT2D eigenvalue weighted by Gasteiger charge is 2.68. The molecule has 90 valence electrons. The fourth-order valence-corrected chi connectivity index (χ4v) is 2.36. The largest absolute Gasteiger partial charge is 0.439 e. The summed E-state index contributed by atoms with van der Waals surface area (Å²) in [4.78, 5) is 11.1. The average molecular weight is 236 g/mol. The molecule has 4 nitrogen and oxygen atoms in total. The monoisotopic (exact) mass is 236 g/mol. The van der Waals surface area contributed by atoms with Crippen molar-refractivity contribution in [3.8, 4) is 0 Å². The van der Waals surface area contributed by atoms with Gasteiger partial charge in [0.15, 0.2) is 0 Å². The van der Waals surface area contributed by atoms with Crippen molar-refractivity contribution < 1.29 is 23.1 Å². The lowest BCUT2D eigenvalue weighted by atomic mass is 9.93. The molecule has 16 heavy (non-hydrogen) atoms. The highest BCUT2D eigenvalue weighted by molar-refractivity contribution is 5.93. The zero-order chi connectivity index (χ0) is 12.1. The van der Waals surface area contributed by atoms with E-state index in [0.29, 0.717) is 12.8 Å². The van der Waals surface area contributed by atoms with Crippen molar-refractivity contribution in [1.29, 1.82) is 0 Å². The number of hydrogen-bond acceptors (Lipinski definition) is 3. The Morgan fingerprint density at radius 1 is 1.62 bits per heavy atom. The predicted octanol–water partition coefficient (Wildman–Crippen LogP) is 1.26. The van der Waals surface area contributed by atoms with E-state index in [1.54, 1.807) is 0 Å². The minimum atomic E-state index is -4.89. The molecule has 1 saturated carbocycles. The van der Waals surface area contributed by atoms with Crippen molar-refractivity contribution in [3.63, 3.8) is 0 Å². The molecule has 1 aliphatic carbocycles. The minimum absolute atomic E-state index is 0.173. The summed E-state index contributed by atoms with van der Waals surface area (Å²) in [6.45, 7) is 0.960. The number of hydrazone groups is 1. The summed E-state index contributed by atoms with van der Waals surface area (Å²) in [5, 5.41) is 13.6. The van der Waals surface area contributed by atoms with Crippen LogP contribution in [-0.4, -0.2) is 33.6 Å². The highest BCUT2D eigenvalue weighted by atomic mass is 19.4. The van der Waals surface area contributed by atoms with Gasteiger partial charge >= 0.3 is 6.18 Å². The maximum absolute atomic E-state index is 12.9. The molecular formula is C9H11F3N2O2. The van der Waals surface area contributed by atoms with Crippen LogP contribution in [0.3, 0.4) is 0 Å². The van der Waals surface area contributed by atoms with Gasteiger partial charge in [-0.3, -0.25) is 4.79 Å². The summed E-state index contributed by atoms with van der Waals surface area (Å²) in [5.41, 5.74) is -2.87. The molecule has 0 aromatic carbocycles. The first kappa shape index (κ1) is 11.4. The molecule has 2 rings (SSSR count). The van der Waals surface area contributed by atoms with Gasteiger partial charge in [-0.2, -0.15) is 23.3 Å². The second-order valence-electron chi connectivity index (χ2n) is 4.09. The maximum atomic E-state index is 12.9. The normalized spacial score (nSPS) is 33.9. The number of alkyl halides is 3. The summed E-state index contributed by atoms with van der Waals surface area (Å²) in [6, 6.07) is 0. The molecule has 1 heterocycles. The van der Waals surface area contributed by atoms with Gasteiger partial charge in [0.25, 0.3) is 5.72 Å². The molecule has 1 aliphatic heterocycles. The molecule has 1 fully saturated rings. The van der Waals surface area contributed by atoms with Crippen molar-refractivity contribution in [2.45, 2.75) is 38.1 Å². The third kappa shape index (κ3) is 1.27. The molecule has 0 saturated heterocycles. The quantitative estimate of drug-likeness (QED) is 0.688. The molecule has 0 bridgehead atoms. The van der Waals surface area contributed by atoms with Gasteiger partial charge in [-0.25, -0.2) is 0 Å². The SMILES string of the molecule is CC(=O)N1N=C2CCCC2C1(O)C(F)(F)F. The van der Waals surface area contributed by atoms with Crippen LogP contribution in [0, 0.1) is 5.92 Å². The Morgan fingerprint density at radius 3 is 2.75 bits per heavy atom. The lowest BCUT2D eigenvalue weighted by Crippen LogP contribution is -2.60. The second-order valence-corrected chi connectivity index (χ2v) is 4.09. The second kappa shape index (κ2) is 3.19. The molecule has 7 heteroatoms. The van der Waals surface area contributed by atoms with Crippen LogP contribution in [0.2, 0.25) is 0 Å². The summed E-state index contributed by atoms with van der Waals surface area (Å²) >= 11 is 0. The van der Waals surface area contributed by atoms with Crippen molar-refractivity contribution >= 4 is 11.6 Å². The van der Waals surface area contributed by atoms with Gasteiger partial charge in [-0.1, -0.05) is 0 Å². The van der Waals surface area contributed by atoms with Gasteiger partial charge in [0.1, 0.15) is 0 Å². The predicted molar refractivity (Wildman–Crippen MR) is 48.3 cm³/mol. The molecule has 0 radical (unpaired) electrons. The Hall–Kier alpha value is -1.11. The van der Waals surface area contributed by atoms with E-state index in [4.69, 9.17) is 0 Å². The number of nitrogens with zero attached hydrogens (tertiary/aromatic N) is 2. The first-order valence-electron chi connectivity index (χ1n) is 4.95. The third-order valence-corrected chi connectivity index (χ3v) is 3.08. The maximum Gasteiger partial charge on any atom is 0.439 e. The van der Waals surface area contributed by atoms with E-state index < -0.39 is 23.7 Å². The zero-order valence-electron chi connectivity index (χ0n) is 8.58. The highest BCUT2D eigenvalue weighted by Crippen LogP contribution is 2.48. The topological polar surface area (TPSA) is 52.9 Å².